The molecule has 0 saturated heterocycles. The second kappa shape index (κ2) is 6.18. The lowest BCUT2D eigenvalue weighted by Gasteiger charge is -2.12. The zero-order valence-corrected chi connectivity index (χ0v) is 11.3. The Bertz CT molecular complexity index is 532. The first-order chi connectivity index (χ1) is 9.16. The van der Waals surface area contributed by atoms with Crippen LogP contribution in [0.2, 0.25) is 0 Å². The van der Waals surface area contributed by atoms with Crippen LogP contribution in [0.15, 0.2) is 43.0 Å². The molecule has 0 radical (unpaired) electrons. The first-order valence-corrected chi connectivity index (χ1v) is 6.54. The molecule has 0 fully saturated rings. The number of aromatic nitrogens is 2. The van der Waals surface area contributed by atoms with Gasteiger partial charge in [0.25, 0.3) is 0 Å². The molecule has 4 nitrogen and oxygen atoms in total. The molecule has 1 aromatic carbocycles. The summed E-state index contributed by atoms with van der Waals surface area (Å²) in [6.07, 6.45) is 6.75. The smallest absolute Gasteiger partial charge is 0.224 e. The fourth-order valence-corrected chi connectivity index (χ4v) is 1.84. The number of hydrogen-bond donors (Lipinski definition) is 1. The Morgan fingerprint density at radius 3 is 2.84 bits per heavy atom. The molecule has 0 aliphatic rings. The number of anilines is 1. The van der Waals surface area contributed by atoms with Gasteiger partial charge in [-0.3, -0.25) is 4.79 Å². The number of benzene rings is 1. The van der Waals surface area contributed by atoms with E-state index in [9.17, 15) is 4.79 Å². The minimum Gasteiger partial charge on any atom is -0.324 e. The van der Waals surface area contributed by atoms with Gasteiger partial charge in [-0.1, -0.05) is 26.0 Å². The van der Waals surface area contributed by atoms with Gasteiger partial charge in [0.2, 0.25) is 5.91 Å². The summed E-state index contributed by atoms with van der Waals surface area (Å²) in [5.74, 6) is 0.593. The normalized spacial score (nSPS) is 10.7. The van der Waals surface area contributed by atoms with Crippen LogP contribution in [0.4, 0.5) is 5.69 Å². The average molecular weight is 257 g/mol. The van der Waals surface area contributed by atoms with Gasteiger partial charge >= 0.3 is 0 Å². The maximum absolute atomic E-state index is 11.9. The molecule has 4 heteroatoms. The van der Waals surface area contributed by atoms with Crippen molar-refractivity contribution >= 4 is 11.6 Å². The molecule has 2 aromatic rings. The summed E-state index contributed by atoms with van der Waals surface area (Å²) in [5.41, 5.74) is 1.74. The zero-order chi connectivity index (χ0) is 13.7. The van der Waals surface area contributed by atoms with Crippen molar-refractivity contribution in [2.45, 2.75) is 26.7 Å². The van der Waals surface area contributed by atoms with Crippen LogP contribution >= 0.6 is 0 Å². The lowest BCUT2D eigenvalue weighted by molar-refractivity contribution is -0.116. The lowest BCUT2D eigenvalue weighted by Crippen LogP contribution is -2.13. The largest absolute Gasteiger partial charge is 0.324 e. The summed E-state index contributed by atoms with van der Waals surface area (Å²) in [7, 11) is 0. The summed E-state index contributed by atoms with van der Waals surface area (Å²) in [6, 6.07) is 7.72. The first-order valence-electron chi connectivity index (χ1n) is 6.54. The Balaban J connectivity index is 2.10. The van der Waals surface area contributed by atoms with Crippen molar-refractivity contribution in [3.05, 3.63) is 43.0 Å². The van der Waals surface area contributed by atoms with Crippen LogP contribution in [0.25, 0.3) is 5.69 Å². The highest BCUT2D eigenvalue weighted by Gasteiger charge is 2.08. The van der Waals surface area contributed by atoms with E-state index in [1.807, 2.05) is 35.0 Å². The number of carbonyl (C=O) groups excluding carboxylic acids is 1. The molecule has 1 heterocycles. The maximum Gasteiger partial charge on any atom is 0.224 e. The monoisotopic (exact) mass is 257 g/mol. The van der Waals surface area contributed by atoms with Gasteiger partial charge in [0.1, 0.15) is 0 Å². The first kappa shape index (κ1) is 13.3. The average Bonchev–Trinajstić information content (AvgIpc) is 2.91. The fourth-order valence-electron chi connectivity index (χ4n) is 1.84. The molecular weight excluding hydrogens is 238 g/mol. The van der Waals surface area contributed by atoms with Crippen molar-refractivity contribution in [2.75, 3.05) is 5.32 Å². The molecule has 0 aliphatic carbocycles. The van der Waals surface area contributed by atoms with Crippen LogP contribution in [0, 0.1) is 5.92 Å². The van der Waals surface area contributed by atoms with Crippen LogP contribution in [-0.2, 0) is 4.79 Å². The van der Waals surface area contributed by atoms with Gasteiger partial charge in [-0.2, -0.15) is 0 Å². The quantitative estimate of drug-likeness (QED) is 0.893. The second-order valence-corrected chi connectivity index (χ2v) is 4.97. The molecular formula is C15H19N3O. The van der Waals surface area contributed by atoms with Crippen LogP contribution in [0.3, 0.4) is 0 Å². The Hall–Kier alpha value is -2.10. The van der Waals surface area contributed by atoms with E-state index < -0.39 is 0 Å². The zero-order valence-electron chi connectivity index (χ0n) is 11.3. The third-order valence-corrected chi connectivity index (χ3v) is 2.91. The molecule has 0 bridgehead atoms. The highest BCUT2D eigenvalue weighted by molar-refractivity contribution is 5.92. The highest BCUT2D eigenvalue weighted by atomic mass is 16.1. The van der Waals surface area contributed by atoms with E-state index in [1.165, 1.54) is 0 Å². The Morgan fingerprint density at radius 2 is 2.16 bits per heavy atom. The van der Waals surface area contributed by atoms with Gasteiger partial charge in [0.05, 0.1) is 17.7 Å². The predicted molar refractivity (Wildman–Crippen MR) is 76.3 cm³/mol. The van der Waals surface area contributed by atoms with E-state index in [2.05, 4.69) is 24.1 Å². The molecule has 1 N–H and O–H groups in total. The molecule has 0 atom stereocenters. The predicted octanol–water partition coefficient (Wildman–Crippen LogP) is 3.25. The minimum absolute atomic E-state index is 0.0567. The van der Waals surface area contributed by atoms with E-state index in [1.54, 1.807) is 12.5 Å². The fraction of sp³-hybridized carbons (Fsp3) is 0.333. The summed E-state index contributed by atoms with van der Waals surface area (Å²) >= 11 is 0. The van der Waals surface area contributed by atoms with E-state index in [0.717, 1.165) is 17.8 Å². The van der Waals surface area contributed by atoms with E-state index in [0.29, 0.717) is 12.3 Å². The summed E-state index contributed by atoms with van der Waals surface area (Å²) < 4.78 is 1.89. The van der Waals surface area contributed by atoms with Gasteiger partial charge in [-0.15, -0.1) is 0 Å². The van der Waals surface area contributed by atoms with Gasteiger partial charge < -0.3 is 9.88 Å². The summed E-state index contributed by atoms with van der Waals surface area (Å²) in [5, 5.41) is 2.97. The number of nitrogens with zero attached hydrogens (tertiary/aromatic N) is 2. The summed E-state index contributed by atoms with van der Waals surface area (Å²) in [4.78, 5) is 15.9. The number of para-hydroxylation sites is 2. The highest BCUT2D eigenvalue weighted by Crippen LogP contribution is 2.20. The molecule has 1 amide bonds. The van der Waals surface area contributed by atoms with Crippen LogP contribution in [0.1, 0.15) is 26.7 Å². The van der Waals surface area contributed by atoms with Crippen molar-refractivity contribution in [3.63, 3.8) is 0 Å². The minimum atomic E-state index is 0.0567. The van der Waals surface area contributed by atoms with Crippen LogP contribution in [0.5, 0.6) is 0 Å². The Labute approximate surface area is 113 Å². The van der Waals surface area contributed by atoms with Gasteiger partial charge in [-0.25, -0.2) is 4.98 Å². The Kier molecular flexibility index (Phi) is 4.34. The number of amides is 1. The molecule has 0 saturated carbocycles. The number of carbonyl (C=O) groups is 1. The van der Waals surface area contributed by atoms with E-state index >= 15 is 0 Å². The standard InChI is InChI=1S/C15H19N3O/c1-12(2)7-8-15(19)17-13-5-3-4-6-14(13)18-10-9-16-11-18/h3-6,9-12H,7-8H2,1-2H3,(H,17,19). The van der Waals surface area contributed by atoms with Crippen molar-refractivity contribution in [3.8, 4) is 5.69 Å². The van der Waals surface area contributed by atoms with Crippen molar-refractivity contribution < 1.29 is 4.79 Å². The Morgan fingerprint density at radius 1 is 1.37 bits per heavy atom. The molecule has 0 spiro atoms. The molecule has 0 aliphatic heterocycles. The number of hydrogen-bond acceptors (Lipinski definition) is 2. The van der Waals surface area contributed by atoms with Crippen molar-refractivity contribution in [1.29, 1.82) is 0 Å². The molecule has 19 heavy (non-hydrogen) atoms. The van der Waals surface area contributed by atoms with E-state index in [-0.39, 0.29) is 5.91 Å². The van der Waals surface area contributed by atoms with Gasteiger partial charge in [0.15, 0.2) is 0 Å². The molecule has 100 valence electrons. The van der Waals surface area contributed by atoms with Gasteiger partial charge in [0, 0.05) is 18.8 Å². The molecule has 2 rings (SSSR count). The second-order valence-electron chi connectivity index (χ2n) is 4.97. The third-order valence-electron chi connectivity index (χ3n) is 2.91. The number of rotatable bonds is 5. The topological polar surface area (TPSA) is 46.9 Å². The molecule has 0 unspecified atom stereocenters. The van der Waals surface area contributed by atoms with E-state index in [4.69, 9.17) is 0 Å². The lowest BCUT2D eigenvalue weighted by atomic mass is 10.1. The van der Waals surface area contributed by atoms with Crippen LogP contribution < -0.4 is 5.32 Å². The van der Waals surface area contributed by atoms with Crippen molar-refractivity contribution in [2.24, 2.45) is 5.92 Å². The SMILES string of the molecule is CC(C)CCC(=O)Nc1ccccc1-n1ccnc1. The third kappa shape index (κ3) is 3.68. The number of imidazole rings is 1. The van der Waals surface area contributed by atoms with Gasteiger partial charge in [-0.05, 0) is 24.5 Å². The van der Waals surface area contributed by atoms with Crippen LogP contribution in [-0.4, -0.2) is 15.5 Å². The summed E-state index contributed by atoms with van der Waals surface area (Å²) in [6.45, 7) is 4.24. The molecule has 1 aromatic heterocycles. The maximum atomic E-state index is 11.9. The van der Waals surface area contributed by atoms with Crippen molar-refractivity contribution in [1.82, 2.24) is 9.55 Å². The number of nitrogens with one attached hydrogen (secondary N) is 1.